The van der Waals surface area contributed by atoms with Crippen molar-refractivity contribution < 1.29 is 33.5 Å². The highest BCUT2D eigenvalue weighted by molar-refractivity contribution is 5.96. The molecule has 1 aliphatic rings. The molecule has 1 N–H and O–H groups in total. The van der Waals surface area contributed by atoms with Crippen molar-refractivity contribution in [3.8, 4) is 11.4 Å². The van der Waals surface area contributed by atoms with Crippen LogP contribution in [0.4, 0.5) is 4.79 Å². The lowest BCUT2D eigenvalue weighted by Gasteiger charge is -2.35. The Balaban J connectivity index is 1.75. The van der Waals surface area contributed by atoms with E-state index in [0.29, 0.717) is 11.5 Å². The molecule has 1 atom stereocenters. The van der Waals surface area contributed by atoms with E-state index in [2.05, 4.69) is 15.3 Å². The van der Waals surface area contributed by atoms with Crippen LogP contribution in [0.3, 0.4) is 0 Å². The zero-order valence-corrected chi connectivity index (χ0v) is 24.6. The van der Waals surface area contributed by atoms with Gasteiger partial charge in [0.1, 0.15) is 17.3 Å². The van der Waals surface area contributed by atoms with Crippen LogP contribution in [0, 0.1) is 13.8 Å². The first-order valence-corrected chi connectivity index (χ1v) is 13.7. The van der Waals surface area contributed by atoms with Gasteiger partial charge in [0.05, 0.1) is 19.7 Å². The summed E-state index contributed by atoms with van der Waals surface area (Å²) in [4.78, 5) is 66.6. The van der Waals surface area contributed by atoms with Crippen molar-refractivity contribution in [2.45, 2.75) is 66.0 Å². The number of aromatic nitrogens is 2. The fourth-order valence-electron chi connectivity index (χ4n) is 4.21. The van der Waals surface area contributed by atoms with Crippen LogP contribution in [0.25, 0.3) is 11.4 Å². The molecule has 0 unspecified atom stereocenters. The molecule has 41 heavy (non-hydrogen) atoms. The number of carbonyl (C=O) groups excluding carboxylic acids is 4. The number of esters is 1. The quantitative estimate of drug-likeness (QED) is 0.448. The Labute approximate surface area is 240 Å². The van der Waals surface area contributed by atoms with Crippen molar-refractivity contribution in [2.24, 2.45) is 0 Å². The van der Waals surface area contributed by atoms with E-state index < -0.39 is 29.7 Å². The number of hydrogen-bond acceptors (Lipinski definition) is 10. The van der Waals surface area contributed by atoms with E-state index in [1.165, 1.54) is 5.06 Å². The Bertz CT molecular complexity index is 1250. The fraction of sp³-hybridized carbons (Fsp3) is 0.517. The molecule has 12 heteroatoms. The predicted molar refractivity (Wildman–Crippen MR) is 150 cm³/mol. The van der Waals surface area contributed by atoms with E-state index in [4.69, 9.17) is 14.3 Å². The number of benzene rings is 1. The van der Waals surface area contributed by atoms with Gasteiger partial charge in [0, 0.05) is 30.8 Å². The van der Waals surface area contributed by atoms with Crippen LogP contribution < -0.4 is 5.32 Å². The Hall–Kier alpha value is -4.06. The number of piperazine rings is 1. The minimum absolute atomic E-state index is 0.0355. The summed E-state index contributed by atoms with van der Waals surface area (Å²) in [5.41, 5.74) is 1.81. The summed E-state index contributed by atoms with van der Waals surface area (Å²) < 4.78 is 10.2. The Morgan fingerprint density at radius 1 is 1.02 bits per heavy atom. The third-order valence-corrected chi connectivity index (χ3v) is 6.04. The highest BCUT2D eigenvalue weighted by atomic mass is 16.8. The molecule has 0 radical (unpaired) electrons. The lowest BCUT2D eigenvalue weighted by Crippen LogP contribution is -2.55. The molecule has 1 fully saturated rings. The first kappa shape index (κ1) is 31.5. The van der Waals surface area contributed by atoms with Crippen molar-refractivity contribution in [1.82, 2.24) is 25.2 Å². The Morgan fingerprint density at radius 2 is 1.73 bits per heavy atom. The number of ether oxygens (including phenoxy) is 2. The van der Waals surface area contributed by atoms with E-state index in [9.17, 15) is 19.2 Å². The van der Waals surface area contributed by atoms with Crippen LogP contribution in [0.15, 0.2) is 30.3 Å². The van der Waals surface area contributed by atoms with Crippen LogP contribution in [-0.2, 0) is 23.9 Å². The molecule has 3 rings (SSSR count). The van der Waals surface area contributed by atoms with E-state index in [0.717, 1.165) is 11.1 Å². The summed E-state index contributed by atoms with van der Waals surface area (Å²) in [6.45, 7) is 11.9. The van der Waals surface area contributed by atoms with Gasteiger partial charge in [0.25, 0.3) is 5.91 Å². The second-order valence-electron chi connectivity index (χ2n) is 10.8. The Kier molecular flexibility index (Phi) is 10.8. The number of hydroxylamine groups is 2. The minimum Gasteiger partial charge on any atom is -0.460 e. The summed E-state index contributed by atoms with van der Waals surface area (Å²) in [5.74, 6) is -0.997. The summed E-state index contributed by atoms with van der Waals surface area (Å²) in [5, 5.41) is 4.20. The fourth-order valence-corrected chi connectivity index (χ4v) is 4.21. The second kappa shape index (κ2) is 14.0. The largest absolute Gasteiger partial charge is 0.527 e. The highest BCUT2D eigenvalue weighted by Gasteiger charge is 2.31. The van der Waals surface area contributed by atoms with Crippen LogP contribution in [0.5, 0.6) is 0 Å². The maximum absolute atomic E-state index is 13.6. The van der Waals surface area contributed by atoms with Gasteiger partial charge < -0.3 is 24.5 Å². The van der Waals surface area contributed by atoms with Gasteiger partial charge in [-0.05, 0) is 60.1 Å². The molecule has 0 bridgehead atoms. The van der Waals surface area contributed by atoms with Crippen LogP contribution >= 0.6 is 0 Å². The van der Waals surface area contributed by atoms with Gasteiger partial charge in [-0.2, -0.15) is 0 Å². The van der Waals surface area contributed by atoms with Crippen molar-refractivity contribution >= 4 is 23.9 Å². The van der Waals surface area contributed by atoms with Crippen molar-refractivity contribution in [2.75, 3.05) is 32.8 Å². The van der Waals surface area contributed by atoms with Gasteiger partial charge in [0.15, 0.2) is 5.82 Å². The first-order chi connectivity index (χ1) is 19.3. The van der Waals surface area contributed by atoms with Gasteiger partial charge >= 0.3 is 12.1 Å². The number of carbonyl (C=O) groups is 4. The number of rotatable bonds is 9. The number of nitrogens with one attached hydrogen (secondary N) is 1. The molecule has 222 valence electrons. The van der Waals surface area contributed by atoms with E-state index in [1.807, 2.05) is 31.2 Å². The molecule has 1 aromatic carbocycles. The molecule has 2 aromatic rings. The molecule has 2 amide bonds. The zero-order valence-electron chi connectivity index (χ0n) is 24.6. The van der Waals surface area contributed by atoms with Crippen molar-refractivity contribution in [3.05, 3.63) is 47.3 Å². The van der Waals surface area contributed by atoms with E-state index in [1.54, 1.807) is 45.6 Å². The van der Waals surface area contributed by atoms with Crippen LogP contribution in [0.2, 0.25) is 0 Å². The predicted octanol–water partition coefficient (Wildman–Crippen LogP) is 3.21. The van der Waals surface area contributed by atoms with Crippen LogP contribution in [0.1, 0.15) is 62.3 Å². The number of hydrogen-bond donors (Lipinski definition) is 1. The number of amides is 2. The van der Waals surface area contributed by atoms with Crippen molar-refractivity contribution in [1.29, 1.82) is 0 Å². The van der Waals surface area contributed by atoms with E-state index in [-0.39, 0.29) is 57.2 Å². The summed E-state index contributed by atoms with van der Waals surface area (Å²) in [7, 11) is 0. The Morgan fingerprint density at radius 3 is 2.37 bits per heavy atom. The molecule has 0 aliphatic carbocycles. The van der Waals surface area contributed by atoms with Gasteiger partial charge in [-0.1, -0.05) is 23.8 Å². The third kappa shape index (κ3) is 9.82. The monoisotopic (exact) mass is 569 g/mol. The normalized spacial score (nSPS) is 14.6. The number of nitrogens with zero attached hydrogens (tertiary/aromatic N) is 4. The number of aryl methyl sites for hydroxylation is 2. The standard InChI is InChI=1S/C29H39N5O7/c1-7-39-28(38)41-34-15-13-33(14-16-34)27(37)22(11-12-24(35)40-29(4,5)6)32-26(36)23-18-20(3)30-25(31-23)21-10-8-9-19(2)17-21/h8-10,17-18,22H,7,11-16H2,1-6H3,(H,32,36)/t22-/m0/s1. The molecular formula is C29H39N5O7. The van der Waals surface area contributed by atoms with Crippen molar-refractivity contribution in [3.63, 3.8) is 0 Å². The van der Waals surface area contributed by atoms with Crippen LogP contribution in [-0.4, -0.2) is 88.3 Å². The third-order valence-electron chi connectivity index (χ3n) is 6.04. The first-order valence-electron chi connectivity index (χ1n) is 13.7. The lowest BCUT2D eigenvalue weighted by molar-refractivity contribution is -0.158. The molecule has 1 saturated heterocycles. The summed E-state index contributed by atoms with van der Waals surface area (Å²) >= 11 is 0. The SMILES string of the molecule is CCOC(=O)ON1CCN(C(=O)[C@H](CCC(=O)OC(C)(C)C)NC(=O)c2cc(C)nc(-c3cccc(C)c3)n2)CC1. The zero-order chi connectivity index (χ0) is 30.2. The van der Waals surface area contributed by atoms with Gasteiger partial charge in [0.2, 0.25) is 5.91 Å². The molecular weight excluding hydrogens is 530 g/mol. The molecule has 2 heterocycles. The maximum atomic E-state index is 13.6. The average Bonchev–Trinajstić information content (AvgIpc) is 2.89. The molecule has 1 aromatic heterocycles. The summed E-state index contributed by atoms with van der Waals surface area (Å²) in [6, 6.07) is 8.17. The van der Waals surface area contributed by atoms with Gasteiger partial charge in [-0.25, -0.2) is 14.8 Å². The smallest absolute Gasteiger partial charge is 0.460 e. The summed E-state index contributed by atoms with van der Waals surface area (Å²) in [6.07, 6.45) is -0.842. The maximum Gasteiger partial charge on any atom is 0.527 e. The minimum atomic E-state index is -1.01. The molecule has 1 aliphatic heterocycles. The topological polar surface area (TPSA) is 140 Å². The second-order valence-corrected chi connectivity index (χ2v) is 10.8. The van der Waals surface area contributed by atoms with E-state index >= 15 is 0 Å². The van der Waals surface area contributed by atoms with Gasteiger partial charge in [-0.3, -0.25) is 14.4 Å². The van der Waals surface area contributed by atoms with Gasteiger partial charge in [-0.15, -0.1) is 5.06 Å². The average molecular weight is 570 g/mol. The lowest BCUT2D eigenvalue weighted by atomic mass is 10.1. The molecule has 12 nitrogen and oxygen atoms in total. The molecule has 0 spiro atoms. The molecule has 0 saturated carbocycles. The highest BCUT2D eigenvalue weighted by Crippen LogP contribution is 2.18.